The van der Waals surface area contributed by atoms with Crippen LogP contribution in [0.25, 0.3) is 0 Å². The van der Waals surface area contributed by atoms with E-state index >= 15 is 0 Å². The zero-order valence-electron chi connectivity index (χ0n) is 14.8. The number of hydrogen-bond acceptors (Lipinski definition) is 2. The topological polar surface area (TPSA) is 63.3 Å². The summed E-state index contributed by atoms with van der Waals surface area (Å²) >= 11 is 0. The number of unbranched alkanes of at least 4 members (excludes halogenated alkanes) is 11. The number of carbonyl (C=O) groups is 1. The Labute approximate surface area is 138 Å². The van der Waals surface area contributed by atoms with Crippen LogP contribution in [0.5, 0.6) is 0 Å². The molecule has 0 rings (SSSR count). The Bertz CT molecular complexity index is 244. The smallest absolute Gasteiger partial charge is 0.217 e. The molecule has 0 aromatic carbocycles. The number of rotatable bonds is 17. The zero-order valence-corrected chi connectivity index (χ0v) is 14.8. The number of carbonyl (C=O) groups excluding carboxylic acids is 1. The molecular weight excluding hydrogens is 274 g/mol. The van der Waals surface area contributed by atoms with Crippen LogP contribution in [-0.4, -0.2) is 17.1 Å². The predicted molar refractivity (Wildman–Crippen MR) is 94.7 cm³/mol. The van der Waals surface area contributed by atoms with Crippen LogP contribution in [0.15, 0.2) is 0 Å². The summed E-state index contributed by atoms with van der Waals surface area (Å²) in [7, 11) is 0. The molecule has 132 valence electrons. The fraction of sp³-hybridized carbons (Fsp3) is 0.947. The second kappa shape index (κ2) is 16.8. The second-order valence-electron chi connectivity index (χ2n) is 6.69. The number of hydrogen-bond donors (Lipinski definition) is 2. The Kier molecular flexibility index (Phi) is 16.4. The highest BCUT2D eigenvalue weighted by atomic mass is 16.3. The maximum atomic E-state index is 10.6. The summed E-state index contributed by atoms with van der Waals surface area (Å²) in [6.07, 6.45) is 18.4. The molecule has 22 heavy (non-hydrogen) atoms. The van der Waals surface area contributed by atoms with Crippen LogP contribution in [0.4, 0.5) is 0 Å². The third-order valence-electron chi connectivity index (χ3n) is 4.35. The maximum Gasteiger partial charge on any atom is 0.217 e. The molecule has 0 heterocycles. The highest BCUT2D eigenvalue weighted by Crippen LogP contribution is 2.14. The van der Waals surface area contributed by atoms with Crippen LogP contribution in [0, 0.1) is 0 Å². The molecule has 0 saturated carbocycles. The second-order valence-corrected chi connectivity index (χ2v) is 6.69. The molecule has 1 unspecified atom stereocenters. The van der Waals surface area contributed by atoms with Crippen molar-refractivity contribution in [3.05, 3.63) is 0 Å². The molecule has 0 bridgehead atoms. The maximum absolute atomic E-state index is 10.6. The van der Waals surface area contributed by atoms with Gasteiger partial charge in [-0.3, -0.25) is 4.79 Å². The normalized spacial score (nSPS) is 12.5. The molecule has 0 radical (unpaired) electrons. The molecule has 1 atom stereocenters. The van der Waals surface area contributed by atoms with E-state index in [0.29, 0.717) is 6.42 Å². The van der Waals surface area contributed by atoms with Gasteiger partial charge in [0.25, 0.3) is 0 Å². The fourth-order valence-electron chi connectivity index (χ4n) is 2.87. The lowest BCUT2D eigenvalue weighted by Crippen LogP contribution is -2.10. The summed E-state index contributed by atoms with van der Waals surface area (Å²) in [5.41, 5.74) is 5.09. The summed E-state index contributed by atoms with van der Waals surface area (Å²) < 4.78 is 0. The third kappa shape index (κ3) is 17.5. The van der Waals surface area contributed by atoms with Crippen molar-refractivity contribution in [1.29, 1.82) is 0 Å². The number of amides is 1. The van der Waals surface area contributed by atoms with Gasteiger partial charge in [0.05, 0.1) is 6.10 Å². The molecular formula is C19H39NO2. The van der Waals surface area contributed by atoms with E-state index in [1.165, 1.54) is 57.8 Å². The minimum Gasteiger partial charge on any atom is -0.393 e. The highest BCUT2D eigenvalue weighted by Gasteiger charge is 2.04. The first-order valence-electron chi connectivity index (χ1n) is 9.63. The number of primary amides is 1. The molecule has 0 aliphatic carbocycles. The molecule has 3 N–H and O–H groups in total. The molecule has 0 aliphatic heterocycles. The van der Waals surface area contributed by atoms with Gasteiger partial charge in [0.1, 0.15) is 0 Å². The first-order chi connectivity index (χ1) is 10.7. The molecule has 3 nitrogen and oxygen atoms in total. The third-order valence-corrected chi connectivity index (χ3v) is 4.35. The lowest BCUT2D eigenvalue weighted by Gasteiger charge is -2.10. The molecule has 0 spiro atoms. The van der Waals surface area contributed by atoms with E-state index in [1.807, 2.05) is 0 Å². The van der Waals surface area contributed by atoms with Crippen molar-refractivity contribution in [2.24, 2.45) is 5.73 Å². The van der Waals surface area contributed by atoms with Crippen molar-refractivity contribution in [2.75, 3.05) is 0 Å². The van der Waals surface area contributed by atoms with E-state index in [0.717, 1.165) is 38.5 Å². The van der Waals surface area contributed by atoms with Gasteiger partial charge in [-0.1, -0.05) is 84.0 Å². The van der Waals surface area contributed by atoms with Crippen molar-refractivity contribution in [1.82, 2.24) is 0 Å². The van der Waals surface area contributed by atoms with Crippen LogP contribution in [-0.2, 0) is 4.79 Å². The van der Waals surface area contributed by atoms with E-state index in [2.05, 4.69) is 6.92 Å². The predicted octanol–water partition coefficient (Wildman–Crippen LogP) is 5.09. The van der Waals surface area contributed by atoms with Crippen LogP contribution in [0.3, 0.4) is 0 Å². The summed E-state index contributed by atoms with van der Waals surface area (Å²) in [5.74, 6) is -0.217. The van der Waals surface area contributed by atoms with Crippen molar-refractivity contribution < 1.29 is 9.90 Å². The van der Waals surface area contributed by atoms with E-state index < -0.39 is 0 Å². The van der Waals surface area contributed by atoms with Gasteiger partial charge in [-0.05, 0) is 19.3 Å². The van der Waals surface area contributed by atoms with Crippen LogP contribution in [0.2, 0.25) is 0 Å². The average Bonchev–Trinajstić information content (AvgIpc) is 2.48. The van der Waals surface area contributed by atoms with E-state index in [-0.39, 0.29) is 12.0 Å². The fourth-order valence-corrected chi connectivity index (χ4v) is 2.87. The number of aliphatic hydroxyl groups is 1. The summed E-state index contributed by atoms with van der Waals surface area (Å²) in [6, 6.07) is 0. The van der Waals surface area contributed by atoms with Gasteiger partial charge < -0.3 is 10.8 Å². The first kappa shape index (κ1) is 21.4. The van der Waals surface area contributed by atoms with Gasteiger partial charge in [0.2, 0.25) is 5.91 Å². The van der Waals surface area contributed by atoms with Crippen molar-refractivity contribution in [3.63, 3.8) is 0 Å². The van der Waals surface area contributed by atoms with Crippen LogP contribution >= 0.6 is 0 Å². The lowest BCUT2D eigenvalue weighted by atomic mass is 10.0. The Morgan fingerprint density at radius 2 is 1.18 bits per heavy atom. The van der Waals surface area contributed by atoms with Gasteiger partial charge >= 0.3 is 0 Å². The summed E-state index contributed by atoms with van der Waals surface area (Å²) in [6.45, 7) is 2.26. The first-order valence-corrected chi connectivity index (χ1v) is 9.63. The molecule has 0 aliphatic rings. The SMILES string of the molecule is CCCCCCCCCCCCC(O)CCCCCC(N)=O. The molecule has 0 aromatic heterocycles. The van der Waals surface area contributed by atoms with Gasteiger partial charge in [-0.2, -0.15) is 0 Å². The molecule has 3 heteroatoms. The minimum absolute atomic E-state index is 0.150. The van der Waals surface area contributed by atoms with E-state index in [9.17, 15) is 9.90 Å². The van der Waals surface area contributed by atoms with Crippen molar-refractivity contribution in [3.8, 4) is 0 Å². The Hall–Kier alpha value is -0.570. The molecule has 0 saturated heterocycles. The van der Waals surface area contributed by atoms with Crippen molar-refractivity contribution in [2.45, 2.75) is 116 Å². The largest absolute Gasteiger partial charge is 0.393 e. The molecule has 0 aromatic rings. The van der Waals surface area contributed by atoms with Crippen molar-refractivity contribution >= 4 is 5.91 Å². The lowest BCUT2D eigenvalue weighted by molar-refractivity contribution is -0.118. The van der Waals surface area contributed by atoms with Crippen LogP contribution in [0.1, 0.15) is 110 Å². The highest BCUT2D eigenvalue weighted by molar-refractivity contribution is 5.73. The number of aliphatic hydroxyl groups excluding tert-OH is 1. The van der Waals surface area contributed by atoms with Gasteiger partial charge in [-0.25, -0.2) is 0 Å². The Morgan fingerprint density at radius 1 is 0.773 bits per heavy atom. The molecule has 1 amide bonds. The van der Waals surface area contributed by atoms with Gasteiger partial charge in [0, 0.05) is 6.42 Å². The Morgan fingerprint density at radius 3 is 1.64 bits per heavy atom. The quantitative estimate of drug-likeness (QED) is 0.367. The zero-order chi connectivity index (χ0) is 16.5. The van der Waals surface area contributed by atoms with E-state index in [4.69, 9.17) is 5.73 Å². The standard InChI is InChI=1S/C19H39NO2/c1-2-3-4-5-6-7-8-9-10-12-15-18(21)16-13-11-14-17-19(20)22/h18,21H,2-17H2,1H3,(H2,20,22). The van der Waals surface area contributed by atoms with E-state index in [1.54, 1.807) is 0 Å². The Balaban J connectivity index is 3.15. The monoisotopic (exact) mass is 313 g/mol. The minimum atomic E-state index is -0.217. The van der Waals surface area contributed by atoms with Crippen LogP contribution < -0.4 is 5.73 Å². The number of nitrogens with two attached hydrogens (primary N) is 1. The molecule has 0 fully saturated rings. The van der Waals surface area contributed by atoms with Gasteiger partial charge in [-0.15, -0.1) is 0 Å². The summed E-state index contributed by atoms with van der Waals surface area (Å²) in [5, 5.41) is 9.89. The summed E-state index contributed by atoms with van der Waals surface area (Å²) in [4.78, 5) is 10.6. The van der Waals surface area contributed by atoms with Gasteiger partial charge in [0.15, 0.2) is 0 Å². The average molecular weight is 314 g/mol.